The molecule has 112 valence electrons. The Bertz CT molecular complexity index is 440. The molecule has 6 heteroatoms. The Hall–Kier alpha value is -1.98. The third kappa shape index (κ3) is 5.34. The van der Waals surface area contributed by atoms with Crippen LogP contribution in [-0.4, -0.2) is 29.7 Å². The monoisotopic (exact) mass is 282 g/mol. The van der Waals surface area contributed by atoms with E-state index in [0.717, 1.165) is 18.6 Å². The minimum absolute atomic E-state index is 0.0203. The van der Waals surface area contributed by atoms with Gasteiger partial charge in [0.2, 0.25) is 0 Å². The van der Waals surface area contributed by atoms with Gasteiger partial charge in [0.05, 0.1) is 11.7 Å². The van der Waals surface area contributed by atoms with E-state index in [0.29, 0.717) is 0 Å². The quantitative estimate of drug-likeness (QED) is 0.713. The van der Waals surface area contributed by atoms with Gasteiger partial charge in [0, 0.05) is 19.0 Å². The smallest absolute Gasteiger partial charge is 0.315 e. The summed E-state index contributed by atoms with van der Waals surface area (Å²) in [4.78, 5) is 22.6. The standard InChI is InChI=1S/C14H22N2O4/c1-10(6-7-11-5-4-8-20-11)16-13(19)15-9-14(2,3)12(17)18/h4-5,8,10H,6-7,9H2,1-3H3,(H,17,18)(H2,15,16,19). The number of furan rings is 1. The van der Waals surface area contributed by atoms with Crippen LogP contribution in [-0.2, 0) is 11.2 Å². The molecule has 1 aromatic rings. The summed E-state index contributed by atoms with van der Waals surface area (Å²) in [6.07, 6.45) is 3.12. The van der Waals surface area contributed by atoms with Crippen molar-refractivity contribution in [2.75, 3.05) is 6.54 Å². The van der Waals surface area contributed by atoms with Crippen LogP contribution < -0.4 is 10.6 Å². The highest BCUT2D eigenvalue weighted by Crippen LogP contribution is 2.13. The molecule has 20 heavy (non-hydrogen) atoms. The second-order valence-corrected chi connectivity index (χ2v) is 5.54. The fourth-order valence-corrected chi connectivity index (χ4v) is 1.54. The zero-order valence-electron chi connectivity index (χ0n) is 12.1. The van der Waals surface area contributed by atoms with Crippen LogP contribution in [0.2, 0.25) is 0 Å². The molecule has 1 rings (SSSR count). The topological polar surface area (TPSA) is 91.6 Å². The summed E-state index contributed by atoms with van der Waals surface area (Å²) in [5.74, 6) is -0.0604. The molecule has 3 N–H and O–H groups in total. The molecule has 1 unspecified atom stereocenters. The molecule has 0 spiro atoms. The van der Waals surface area contributed by atoms with Crippen LogP contribution in [0.25, 0.3) is 0 Å². The average Bonchev–Trinajstić information content (AvgIpc) is 2.87. The molecule has 1 heterocycles. The van der Waals surface area contributed by atoms with Crippen molar-refractivity contribution in [1.29, 1.82) is 0 Å². The molecule has 1 aromatic heterocycles. The normalized spacial score (nSPS) is 12.8. The summed E-state index contributed by atoms with van der Waals surface area (Å²) in [5.41, 5.74) is -0.977. The Kier molecular flexibility index (Phi) is 5.61. The minimum Gasteiger partial charge on any atom is -0.481 e. The summed E-state index contributed by atoms with van der Waals surface area (Å²) in [7, 11) is 0. The number of rotatable bonds is 7. The molecule has 2 amide bonds. The lowest BCUT2D eigenvalue weighted by Crippen LogP contribution is -2.46. The van der Waals surface area contributed by atoms with E-state index in [1.807, 2.05) is 19.1 Å². The molecule has 0 aliphatic carbocycles. The molecular formula is C14H22N2O4. The van der Waals surface area contributed by atoms with Crippen molar-refractivity contribution in [2.45, 2.75) is 39.7 Å². The Morgan fingerprint density at radius 3 is 2.70 bits per heavy atom. The Morgan fingerprint density at radius 1 is 1.45 bits per heavy atom. The largest absolute Gasteiger partial charge is 0.481 e. The first-order chi connectivity index (χ1) is 9.31. The van der Waals surface area contributed by atoms with Gasteiger partial charge in [0.25, 0.3) is 0 Å². The number of carbonyl (C=O) groups excluding carboxylic acids is 1. The van der Waals surface area contributed by atoms with Gasteiger partial charge in [-0.3, -0.25) is 4.79 Å². The molecule has 0 bridgehead atoms. The zero-order chi connectivity index (χ0) is 15.2. The fourth-order valence-electron chi connectivity index (χ4n) is 1.54. The van der Waals surface area contributed by atoms with E-state index in [1.165, 1.54) is 0 Å². The minimum atomic E-state index is -0.977. The number of carboxylic acids is 1. The van der Waals surface area contributed by atoms with Crippen LogP contribution >= 0.6 is 0 Å². The number of carbonyl (C=O) groups is 2. The predicted octanol–water partition coefficient (Wildman–Crippen LogP) is 2.01. The molecule has 6 nitrogen and oxygen atoms in total. The molecule has 0 fully saturated rings. The lowest BCUT2D eigenvalue weighted by Gasteiger charge is -2.21. The van der Waals surface area contributed by atoms with Crippen molar-refractivity contribution in [3.05, 3.63) is 24.2 Å². The van der Waals surface area contributed by atoms with E-state index < -0.39 is 11.4 Å². The van der Waals surface area contributed by atoms with Gasteiger partial charge in [0.15, 0.2) is 0 Å². The van der Waals surface area contributed by atoms with Crippen molar-refractivity contribution >= 4 is 12.0 Å². The first-order valence-corrected chi connectivity index (χ1v) is 6.61. The number of amides is 2. The number of aliphatic carboxylic acids is 1. The van der Waals surface area contributed by atoms with Gasteiger partial charge in [-0.2, -0.15) is 0 Å². The third-order valence-corrected chi connectivity index (χ3v) is 3.05. The van der Waals surface area contributed by atoms with Crippen LogP contribution in [0.1, 0.15) is 33.0 Å². The highest BCUT2D eigenvalue weighted by molar-refractivity contribution is 5.77. The average molecular weight is 282 g/mol. The Morgan fingerprint density at radius 2 is 2.15 bits per heavy atom. The lowest BCUT2D eigenvalue weighted by molar-refractivity contribution is -0.146. The van der Waals surface area contributed by atoms with Gasteiger partial charge < -0.3 is 20.2 Å². The van der Waals surface area contributed by atoms with Crippen molar-refractivity contribution in [3.8, 4) is 0 Å². The molecule has 0 radical (unpaired) electrons. The summed E-state index contributed by atoms with van der Waals surface area (Å²) in [6.45, 7) is 5.11. The van der Waals surface area contributed by atoms with E-state index in [-0.39, 0.29) is 18.6 Å². The van der Waals surface area contributed by atoms with E-state index in [4.69, 9.17) is 9.52 Å². The number of hydrogen-bond donors (Lipinski definition) is 3. The van der Waals surface area contributed by atoms with Crippen molar-refractivity contribution in [3.63, 3.8) is 0 Å². The first kappa shape index (κ1) is 16.1. The first-order valence-electron chi connectivity index (χ1n) is 6.61. The molecule has 0 aromatic carbocycles. The Balaban J connectivity index is 2.26. The summed E-state index contributed by atoms with van der Waals surface area (Å²) in [5, 5.41) is 14.3. The van der Waals surface area contributed by atoms with Gasteiger partial charge in [-0.25, -0.2) is 4.79 Å². The third-order valence-electron chi connectivity index (χ3n) is 3.05. The van der Waals surface area contributed by atoms with Gasteiger partial charge in [-0.15, -0.1) is 0 Å². The zero-order valence-corrected chi connectivity index (χ0v) is 12.1. The second kappa shape index (κ2) is 6.98. The number of nitrogens with one attached hydrogen (secondary N) is 2. The molecule has 0 aliphatic heterocycles. The van der Waals surface area contributed by atoms with Crippen molar-refractivity contribution in [1.82, 2.24) is 10.6 Å². The van der Waals surface area contributed by atoms with Crippen LogP contribution in [0.3, 0.4) is 0 Å². The fraction of sp³-hybridized carbons (Fsp3) is 0.571. The lowest BCUT2D eigenvalue weighted by atomic mass is 9.94. The molecule has 1 atom stereocenters. The summed E-state index contributed by atoms with van der Waals surface area (Å²) >= 11 is 0. The second-order valence-electron chi connectivity index (χ2n) is 5.54. The van der Waals surface area contributed by atoms with E-state index in [2.05, 4.69) is 10.6 Å². The maximum Gasteiger partial charge on any atom is 0.315 e. The SMILES string of the molecule is CC(CCc1ccco1)NC(=O)NCC(C)(C)C(=O)O. The van der Waals surface area contributed by atoms with E-state index in [9.17, 15) is 9.59 Å². The van der Waals surface area contributed by atoms with Crippen LogP contribution in [0.15, 0.2) is 22.8 Å². The van der Waals surface area contributed by atoms with Crippen molar-refractivity contribution in [2.24, 2.45) is 5.41 Å². The Labute approximate surface area is 118 Å². The predicted molar refractivity (Wildman–Crippen MR) is 74.4 cm³/mol. The van der Waals surface area contributed by atoms with E-state index >= 15 is 0 Å². The van der Waals surface area contributed by atoms with Gasteiger partial charge in [-0.1, -0.05) is 0 Å². The van der Waals surface area contributed by atoms with Gasteiger partial charge in [-0.05, 0) is 39.3 Å². The van der Waals surface area contributed by atoms with E-state index in [1.54, 1.807) is 20.1 Å². The molecule has 0 saturated carbocycles. The number of hydrogen-bond acceptors (Lipinski definition) is 3. The maximum atomic E-state index is 11.6. The van der Waals surface area contributed by atoms with Crippen molar-refractivity contribution < 1.29 is 19.1 Å². The highest BCUT2D eigenvalue weighted by atomic mass is 16.4. The summed E-state index contributed by atoms with van der Waals surface area (Å²) in [6, 6.07) is 3.34. The van der Waals surface area contributed by atoms with Crippen LogP contribution in [0, 0.1) is 5.41 Å². The summed E-state index contributed by atoms with van der Waals surface area (Å²) < 4.78 is 5.21. The number of urea groups is 1. The van der Waals surface area contributed by atoms with Gasteiger partial charge >= 0.3 is 12.0 Å². The number of carboxylic acid groups (broad SMARTS) is 1. The molecular weight excluding hydrogens is 260 g/mol. The van der Waals surface area contributed by atoms with Crippen LogP contribution in [0.5, 0.6) is 0 Å². The van der Waals surface area contributed by atoms with Gasteiger partial charge in [0.1, 0.15) is 5.76 Å². The maximum absolute atomic E-state index is 11.6. The molecule has 0 saturated heterocycles. The number of aryl methyl sites for hydroxylation is 1. The highest BCUT2D eigenvalue weighted by Gasteiger charge is 2.27. The van der Waals surface area contributed by atoms with Crippen LogP contribution in [0.4, 0.5) is 4.79 Å². The molecule has 0 aliphatic rings.